The average Bonchev–Trinajstić information content (AvgIpc) is 2.97. The van der Waals surface area contributed by atoms with E-state index in [1.54, 1.807) is 0 Å². The highest BCUT2D eigenvalue weighted by Gasteiger charge is 2.45. The van der Waals surface area contributed by atoms with Crippen LogP contribution in [0.3, 0.4) is 0 Å². The van der Waals surface area contributed by atoms with Gasteiger partial charge in [-0.1, -0.05) is 13.8 Å². The maximum absolute atomic E-state index is 6.07. The van der Waals surface area contributed by atoms with Crippen LogP contribution in [0.25, 0.3) is 0 Å². The second kappa shape index (κ2) is 4.87. The molecule has 2 N–H and O–H groups in total. The van der Waals surface area contributed by atoms with Gasteiger partial charge in [0.15, 0.2) is 0 Å². The van der Waals surface area contributed by atoms with Gasteiger partial charge >= 0.3 is 0 Å². The fraction of sp³-hybridized carbons (Fsp3) is 1.00. The van der Waals surface area contributed by atoms with Gasteiger partial charge in [-0.3, -0.25) is 4.90 Å². The van der Waals surface area contributed by atoms with Gasteiger partial charge in [0.2, 0.25) is 0 Å². The van der Waals surface area contributed by atoms with Crippen molar-refractivity contribution in [3.05, 3.63) is 0 Å². The second-order valence-electron chi connectivity index (χ2n) is 5.61. The van der Waals surface area contributed by atoms with E-state index in [-0.39, 0.29) is 0 Å². The van der Waals surface area contributed by atoms with E-state index in [9.17, 15) is 0 Å². The van der Waals surface area contributed by atoms with Crippen LogP contribution in [0.1, 0.15) is 39.5 Å². The van der Waals surface area contributed by atoms with E-state index >= 15 is 0 Å². The second-order valence-corrected chi connectivity index (χ2v) is 6.71. The lowest BCUT2D eigenvalue weighted by Crippen LogP contribution is -2.53. The standard InChI is InChI=1S/C13H26N2S/c1-3-12(4-2)5-7-15(10-12)13(9-14)6-8-16-11-13/h3-11,14H2,1-2H3. The van der Waals surface area contributed by atoms with Crippen molar-refractivity contribution in [3.8, 4) is 0 Å². The highest BCUT2D eigenvalue weighted by Crippen LogP contribution is 2.43. The van der Waals surface area contributed by atoms with Crippen LogP contribution in [0.4, 0.5) is 0 Å². The first kappa shape index (κ1) is 12.7. The molecule has 2 aliphatic rings. The van der Waals surface area contributed by atoms with Gasteiger partial charge in [0, 0.05) is 24.4 Å². The third-order valence-corrected chi connectivity index (χ3v) is 6.31. The van der Waals surface area contributed by atoms with Crippen LogP contribution in [0.15, 0.2) is 0 Å². The number of nitrogens with zero attached hydrogens (tertiary/aromatic N) is 1. The van der Waals surface area contributed by atoms with Crippen LogP contribution >= 0.6 is 11.8 Å². The van der Waals surface area contributed by atoms with Gasteiger partial charge in [0.05, 0.1) is 0 Å². The molecule has 2 saturated heterocycles. The molecule has 1 atom stereocenters. The van der Waals surface area contributed by atoms with Crippen molar-refractivity contribution in [2.24, 2.45) is 11.1 Å². The molecule has 0 aromatic heterocycles. The van der Waals surface area contributed by atoms with E-state index in [4.69, 9.17) is 5.73 Å². The molecule has 0 aliphatic carbocycles. The molecule has 0 aromatic carbocycles. The first-order chi connectivity index (χ1) is 7.70. The maximum Gasteiger partial charge on any atom is 0.0429 e. The van der Waals surface area contributed by atoms with Gasteiger partial charge < -0.3 is 5.73 Å². The molecule has 2 rings (SSSR count). The molecule has 2 aliphatic heterocycles. The summed E-state index contributed by atoms with van der Waals surface area (Å²) in [6.45, 7) is 8.12. The molecule has 16 heavy (non-hydrogen) atoms. The fourth-order valence-corrected chi connectivity index (χ4v) is 4.80. The van der Waals surface area contributed by atoms with Gasteiger partial charge in [0.25, 0.3) is 0 Å². The highest BCUT2D eigenvalue weighted by molar-refractivity contribution is 7.99. The first-order valence-electron chi connectivity index (χ1n) is 6.73. The number of thioether (sulfide) groups is 1. The fourth-order valence-electron chi connectivity index (χ4n) is 3.30. The number of hydrogen-bond donors (Lipinski definition) is 1. The first-order valence-corrected chi connectivity index (χ1v) is 7.89. The highest BCUT2D eigenvalue weighted by atomic mass is 32.2. The summed E-state index contributed by atoms with van der Waals surface area (Å²) in [6.07, 6.45) is 5.34. The van der Waals surface area contributed by atoms with E-state index < -0.39 is 0 Å². The molecular weight excluding hydrogens is 216 g/mol. The Morgan fingerprint density at radius 2 is 2.00 bits per heavy atom. The van der Waals surface area contributed by atoms with Crippen LogP contribution < -0.4 is 5.73 Å². The molecule has 0 saturated carbocycles. The minimum atomic E-state index is 0.344. The number of rotatable bonds is 4. The van der Waals surface area contributed by atoms with Crippen molar-refractivity contribution in [1.82, 2.24) is 4.90 Å². The summed E-state index contributed by atoms with van der Waals surface area (Å²) in [5.74, 6) is 2.56. The summed E-state index contributed by atoms with van der Waals surface area (Å²) in [7, 11) is 0. The van der Waals surface area contributed by atoms with Gasteiger partial charge in [-0.2, -0.15) is 11.8 Å². The van der Waals surface area contributed by atoms with Crippen molar-refractivity contribution in [2.75, 3.05) is 31.1 Å². The van der Waals surface area contributed by atoms with E-state index in [1.807, 2.05) is 0 Å². The van der Waals surface area contributed by atoms with Gasteiger partial charge in [0.1, 0.15) is 0 Å². The molecule has 2 fully saturated rings. The third-order valence-electron chi connectivity index (χ3n) is 5.07. The molecule has 0 radical (unpaired) electrons. The van der Waals surface area contributed by atoms with Crippen molar-refractivity contribution in [3.63, 3.8) is 0 Å². The number of hydrogen-bond acceptors (Lipinski definition) is 3. The molecule has 2 heterocycles. The molecule has 94 valence electrons. The predicted molar refractivity (Wildman–Crippen MR) is 72.9 cm³/mol. The monoisotopic (exact) mass is 242 g/mol. The Morgan fingerprint density at radius 3 is 2.44 bits per heavy atom. The maximum atomic E-state index is 6.07. The number of nitrogens with two attached hydrogens (primary N) is 1. The van der Waals surface area contributed by atoms with E-state index in [0.29, 0.717) is 11.0 Å². The van der Waals surface area contributed by atoms with Crippen LogP contribution in [-0.4, -0.2) is 41.6 Å². The number of likely N-dealkylation sites (tertiary alicyclic amines) is 1. The zero-order chi connectivity index (χ0) is 11.6. The Morgan fingerprint density at radius 1 is 1.25 bits per heavy atom. The van der Waals surface area contributed by atoms with Crippen LogP contribution in [0.5, 0.6) is 0 Å². The lowest BCUT2D eigenvalue weighted by atomic mass is 9.81. The lowest BCUT2D eigenvalue weighted by molar-refractivity contribution is 0.125. The van der Waals surface area contributed by atoms with E-state index in [1.165, 1.54) is 50.3 Å². The third kappa shape index (κ3) is 2.02. The summed E-state index contributed by atoms with van der Waals surface area (Å²) in [6, 6.07) is 0. The summed E-state index contributed by atoms with van der Waals surface area (Å²) in [5, 5.41) is 0. The van der Waals surface area contributed by atoms with Crippen LogP contribution in [-0.2, 0) is 0 Å². The Kier molecular flexibility index (Phi) is 3.87. The largest absolute Gasteiger partial charge is 0.329 e. The topological polar surface area (TPSA) is 29.3 Å². The SMILES string of the molecule is CCC1(CC)CCN(C2(CN)CCSC2)C1. The Balaban J connectivity index is 2.07. The quantitative estimate of drug-likeness (QED) is 0.820. The Bertz CT molecular complexity index is 232. The van der Waals surface area contributed by atoms with Gasteiger partial charge in [-0.15, -0.1) is 0 Å². The van der Waals surface area contributed by atoms with E-state index in [2.05, 4.69) is 30.5 Å². The summed E-state index contributed by atoms with van der Waals surface area (Å²) >= 11 is 2.09. The summed E-state index contributed by atoms with van der Waals surface area (Å²) in [5.41, 5.74) is 7.00. The molecule has 1 unspecified atom stereocenters. The average molecular weight is 242 g/mol. The lowest BCUT2D eigenvalue weighted by Gasteiger charge is -2.39. The van der Waals surface area contributed by atoms with Crippen LogP contribution in [0, 0.1) is 5.41 Å². The summed E-state index contributed by atoms with van der Waals surface area (Å²) < 4.78 is 0. The van der Waals surface area contributed by atoms with Crippen molar-refractivity contribution < 1.29 is 0 Å². The molecule has 3 heteroatoms. The predicted octanol–water partition coefficient (Wildman–Crippen LogP) is 2.33. The van der Waals surface area contributed by atoms with Crippen molar-refractivity contribution >= 4 is 11.8 Å². The van der Waals surface area contributed by atoms with Gasteiger partial charge in [-0.05, 0) is 43.4 Å². The minimum Gasteiger partial charge on any atom is -0.329 e. The molecule has 0 bridgehead atoms. The molecule has 0 spiro atoms. The smallest absolute Gasteiger partial charge is 0.0429 e. The van der Waals surface area contributed by atoms with E-state index in [0.717, 1.165) is 6.54 Å². The van der Waals surface area contributed by atoms with Crippen molar-refractivity contribution in [2.45, 2.75) is 45.1 Å². The minimum absolute atomic E-state index is 0.344. The Labute approximate surface area is 104 Å². The van der Waals surface area contributed by atoms with Gasteiger partial charge in [-0.25, -0.2) is 0 Å². The zero-order valence-corrected chi connectivity index (χ0v) is 11.6. The Hall–Kier alpha value is 0.270. The zero-order valence-electron chi connectivity index (χ0n) is 10.8. The molecule has 0 aromatic rings. The van der Waals surface area contributed by atoms with Crippen molar-refractivity contribution in [1.29, 1.82) is 0 Å². The molecule has 0 amide bonds. The molecule has 2 nitrogen and oxygen atoms in total. The molecular formula is C13H26N2S. The normalized spacial score (nSPS) is 34.7. The summed E-state index contributed by atoms with van der Waals surface area (Å²) in [4.78, 5) is 2.72. The van der Waals surface area contributed by atoms with Crippen LogP contribution in [0.2, 0.25) is 0 Å².